The molecule has 0 saturated heterocycles. The van der Waals surface area contributed by atoms with E-state index in [0.717, 1.165) is 6.08 Å². The van der Waals surface area contributed by atoms with Gasteiger partial charge in [0, 0.05) is 5.41 Å². The number of rotatable bonds is 5. The van der Waals surface area contributed by atoms with Gasteiger partial charge in [0.05, 0.1) is 13.1 Å². The number of hydrogen-bond acceptors (Lipinski definition) is 3. The van der Waals surface area contributed by atoms with Crippen LogP contribution in [0.1, 0.15) is 20.8 Å². The Labute approximate surface area is 95.3 Å². The predicted octanol–water partition coefficient (Wildman–Crippen LogP) is 0.0200. The zero-order valence-corrected chi connectivity index (χ0v) is 9.92. The van der Waals surface area contributed by atoms with Crippen molar-refractivity contribution in [1.29, 1.82) is 0 Å². The van der Waals surface area contributed by atoms with Crippen molar-refractivity contribution >= 4 is 17.6 Å². The largest absolute Gasteiger partial charge is 0.347 e. The van der Waals surface area contributed by atoms with E-state index in [2.05, 4.69) is 17.2 Å². The molecule has 0 rings (SSSR count). The zero-order valence-electron chi connectivity index (χ0n) is 9.92. The standard InChI is InChI=1S/C11H18N2O3/c1-5-9(15)13-7-10(16)12-6-8(14)11(2,3)4/h5H,1,6-7H2,2-4H3,(H,12,16)(H,13,15). The number of Topliss-reactive ketones (excluding diaryl/α,β-unsaturated/α-hetero) is 1. The Kier molecular flexibility index (Phi) is 5.42. The fourth-order valence-electron chi connectivity index (χ4n) is 0.746. The maximum absolute atomic E-state index is 11.4. The summed E-state index contributed by atoms with van der Waals surface area (Å²) in [5.41, 5.74) is -0.475. The van der Waals surface area contributed by atoms with Crippen molar-refractivity contribution in [2.75, 3.05) is 13.1 Å². The molecule has 0 unspecified atom stereocenters. The number of amides is 2. The molecule has 0 fully saturated rings. The Morgan fingerprint density at radius 2 is 1.69 bits per heavy atom. The molecule has 0 aromatic heterocycles. The van der Waals surface area contributed by atoms with E-state index in [-0.39, 0.29) is 18.9 Å². The maximum atomic E-state index is 11.4. The molecule has 5 heteroatoms. The van der Waals surface area contributed by atoms with Gasteiger partial charge < -0.3 is 10.6 Å². The number of hydrogen-bond donors (Lipinski definition) is 2. The summed E-state index contributed by atoms with van der Waals surface area (Å²) in [4.78, 5) is 33.4. The molecule has 0 spiro atoms. The number of carbonyl (C=O) groups excluding carboxylic acids is 3. The van der Waals surface area contributed by atoms with Gasteiger partial charge in [0.1, 0.15) is 0 Å². The molecule has 0 saturated carbocycles. The lowest BCUT2D eigenvalue weighted by molar-refractivity contribution is -0.129. The minimum absolute atomic E-state index is 0.0215. The van der Waals surface area contributed by atoms with E-state index < -0.39 is 17.2 Å². The first-order chi connectivity index (χ1) is 7.27. The average Bonchev–Trinajstić information content (AvgIpc) is 2.20. The highest BCUT2D eigenvalue weighted by Crippen LogP contribution is 2.13. The summed E-state index contributed by atoms with van der Waals surface area (Å²) in [6.45, 7) is 8.41. The molecule has 16 heavy (non-hydrogen) atoms. The topological polar surface area (TPSA) is 75.3 Å². The normalized spacial score (nSPS) is 10.4. The van der Waals surface area contributed by atoms with E-state index in [1.54, 1.807) is 20.8 Å². The van der Waals surface area contributed by atoms with Crippen molar-refractivity contribution in [2.45, 2.75) is 20.8 Å². The van der Waals surface area contributed by atoms with E-state index in [9.17, 15) is 14.4 Å². The lowest BCUT2D eigenvalue weighted by atomic mass is 9.91. The molecule has 0 bridgehead atoms. The second kappa shape index (κ2) is 6.05. The van der Waals surface area contributed by atoms with Gasteiger partial charge in [0.2, 0.25) is 11.8 Å². The number of nitrogens with one attached hydrogen (secondary N) is 2. The first-order valence-electron chi connectivity index (χ1n) is 4.97. The van der Waals surface area contributed by atoms with Crippen molar-refractivity contribution in [3.8, 4) is 0 Å². The van der Waals surface area contributed by atoms with Gasteiger partial charge >= 0.3 is 0 Å². The third-order valence-corrected chi connectivity index (χ3v) is 1.89. The van der Waals surface area contributed by atoms with Crippen LogP contribution < -0.4 is 10.6 Å². The number of ketones is 1. The highest BCUT2D eigenvalue weighted by atomic mass is 16.2. The molecular weight excluding hydrogens is 208 g/mol. The second-order valence-electron chi connectivity index (χ2n) is 4.37. The van der Waals surface area contributed by atoms with Gasteiger partial charge in [0.15, 0.2) is 5.78 Å². The Morgan fingerprint density at radius 1 is 1.12 bits per heavy atom. The SMILES string of the molecule is C=CC(=O)NCC(=O)NCC(=O)C(C)(C)C. The summed E-state index contributed by atoms with van der Waals surface area (Å²) in [5.74, 6) is -0.874. The molecule has 0 aromatic carbocycles. The van der Waals surface area contributed by atoms with E-state index in [0.29, 0.717) is 0 Å². The maximum Gasteiger partial charge on any atom is 0.243 e. The van der Waals surface area contributed by atoms with Crippen molar-refractivity contribution in [2.24, 2.45) is 5.41 Å². The minimum atomic E-state index is -0.475. The summed E-state index contributed by atoms with van der Waals surface area (Å²) >= 11 is 0. The fraction of sp³-hybridized carbons (Fsp3) is 0.545. The smallest absolute Gasteiger partial charge is 0.243 e. The fourth-order valence-corrected chi connectivity index (χ4v) is 0.746. The highest BCUT2D eigenvalue weighted by molar-refractivity contribution is 5.93. The molecule has 0 aliphatic carbocycles. The summed E-state index contributed by atoms with van der Waals surface area (Å²) in [5, 5.41) is 4.75. The van der Waals surface area contributed by atoms with Crippen molar-refractivity contribution in [3.63, 3.8) is 0 Å². The molecule has 0 aromatic rings. The summed E-state index contributed by atoms with van der Waals surface area (Å²) in [6, 6.07) is 0. The molecule has 5 nitrogen and oxygen atoms in total. The van der Waals surface area contributed by atoms with E-state index in [4.69, 9.17) is 0 Å². The molecule has 0 radical (unpaired) electrons. The van der Waals surface area contributed by atoms with Gasteiger partial charge in [-0.3, -0.25) is 14.4 Å². The molecule has 90 valence electrons. The average molecular weight is 226 g/mol. The molecular formula is C11H18N2O3. The van der Waals surface area contributed by atoms with Crippen molar-refractivity contribution in [1.82, 2.24) is 10.6 Å². The van der Waals surface area contributed by atoms with Crippen LogP contribution >= 0.6 is 0 Å². The molecule has 0 aliphatic rings. The highest BCUT2D eigenvalue weighted by Gasteiger charge is 2.21. The van der Waals surface area contributed by atoms with Crippen molar-refractivity contribution < 1.29 is 14.4 Å². The molecule has 2 amide bonds. The third-order valence-electron chi connectivity index (χ3n) is 1.89. The first kappa shape index (κ1) is 14.3. The van der Waals surface area contributed by atoms with Crippen LogP contribution in [-0.2, 0) is 14.4 Å². The monoisotopic (exact) mass is 226 g/mol. The zero-order chi connectivity index (χ0) is 12.8. The third kappa shape index (κ3) is 5.95. The quantitative estimate of drug-likeness (QED) is 0.649. The lowest BCUT2D eigenvalue weighted by Crippen LogP contribution is -2.40. The van der Waals surface area contributed by atoms with Crippen LogP contribution in [0.4, 0.5) is 0 Å². The van der Waals surface area contributed by atoms with Crippen molar-refractivity contribution in [3.05, 3.63) is 12.7 Å². The second-order valence-corrected chi connectivity index (χ2v) is 4.37. The Bertz CT molecular complexity index is 303. The number of carbonyl (C=O) groups is 3. The summed E-state index contributed by atoms with van der Waals surface area (Å²) in [7, 11) is 0. The Morgan fingerprint density at radius 3 is 2.12 bits per heavy atom. The van der Waals surface area contributed by atoms with Gasteiger partial charge in [-0.25, -0.2) is 0 Å². The Hall–Kier alpha value is -1.65. The molecule has 0 atom stereocenters. The van der Waals surface area contributed by atoms with Crippen LogP contribution in [0, 0.1) is 5.41 Å². The van der Waals surface area contributed by atoms with E-state index in [1.165, 1.54) is 0 Å². The van der Waals surface area contributed by atoms with Crippen LogP contribution in [-0.4, -0.2) is 30.7 Å². The van der Waals surface area contributed by atoms with Crippen LogP contribution in [0.25, 0.3) is 0 Å². The van der Waals surface area contributed by atoms with Gasteiger partial charge in [-0.2, -0.15) is 0 Å². The van der Waals surface area contributed by atoms with Gasteiger partial charge in [-0.1, -0.05) is 27.4 Å². The summed E-state index contributed by atoms with van der Waals surface area (Å²) < 4.78 is 0. The van der Waals surface area contributed by atoms with E-state index >= 15 is 0 Å². The van der Waals surface area contributed by atoms with Gasteiger partial charge in [-0.15, -0.1) is 0 Å². The minimum Gasteiger partial charge on any atom is -0.347 e. The van der Waals surface area contributed by atoms with Gasteiger partial charge in [-0.05, 0) is 6.08 Å². The lowest BCUT2D eigenvalue weighted by Gasteiger charge is -2.16. The van der Waals surface area contributed by atoms with Gasteiger partial charge in [0.25, 0.3) is 0 Å². The van der Waals surface area contributed by atoms with E-state index in [1.807, 2.05) is 0 Å². The summed E-state index contributed by atoms with van der Waals surface area (Å²) in [6.07, 6.45) is 1.08. The molecule has 0 aliphatic heterocycles. The van der Waals surface area contributed by atoms with Crippen LogP contribution in [0.2, 0.25) is 0 Å². The molecule has 0 heterocycles. The van der Waals surface area contributed by atoms with Crippen LogP contribution in [0.5, 0.6) is 0 Å². The van der Waals surface area contributed by atoms with Crippen LogP contribution in [0.15, 0.2) is 12.7 Å². The predicted molar refractivity (Wildman–Crippen MR) is 60.7 cm³/mol. The first-order valence-corrected chi connectivity index (χ1v) is 4.97. The van der Waals surface area contributed by atoms with Crippen LogP contribution in [0.3, 0.4) is 0 Å². The Balaban J connectivity index is 3.87. The molecule has 2 N–H and O–H groups in total.